The van der Waals surface area contributed by atoms with E-state index in [4.69, 9.17) is 11.6 Å². The fraction of sp³-hybridized carbons (Fsp3) is 0.545. The van der Waals surface area contributed by atoms with E-state index in [0.717, 1.165) is 17.8 Å². The van der Waals surface area contributed by atoms with Crippen molar-refractivity contribution >= 4 is 17.3 Å². The third-order valence-electron chi connectivity index (χ3n) is 2.71. The zero-order chi connectivity index (χ0) is 10.3. The molecule has 0 saturated carbocycles. The normalized spacial score (nSPS) is 20.4. The van der Waals surface area contributed by atoms with Crippen LogP contribution in [0.3, 0.4) is 0 Å². The molecule has 0 spiro atoms. The zero-order valence-electron chi connectivity index (χ0n) is 8.76. The molecule has 1 aromatic heterocycles. The van der Waals surface area contributed by atoms with Crippen LogP contribution in [0.15, 0.2) is 12.1 Å². The van der Waals surface area contributed by atoms with Gasteiger partial charge in [-0.2, -0.15) is 0 Å². The lowest BCUT2D eigenvalue weighted by molar-refractivity contribution is 0.346. The van der Waals surface area contributed by atoms with Gasteiger partial charge in [0.25, 0.3) is 0 Å². The number of anilines is 1. The van der Waals surface area contributed by atoms with Crippen LogP contribution in [0.5, 0.6) is 0 Å². The predicted octanol–water partition coefficient (Wildman–Crippen LogP) is 3.12. The number of hydrogen-bond donors (Lipinski definition) is 1. The van der Waals surface area contributed by atoms with Crippen molar-refractivity contribution in [3.8, 4) is 0 Å². The molecule has 0 saturated heterocycles. The first-order chi connectivity index (χ1) is 6.47. The molecule has 0 fully saturated rings. The third kappa shape index (κ3) is 1.71. The van der Waals surface area contributed by atoms with E-state index in [1.807, 2.05) is 12.1 Å². The van der Waals surface area contributed by atoms with Gasteiger partial charge in [0.15, 0.2) is 0 Å². The Labute approximate surface area is 89.7 Å². The van der Waals surface area contributed by atoms with Gasteiger partial charge < -0.3 is 5.32 Å². The summed E-state index contributed by atoms with van der Waals surface area (Å²) in [6.07, 6.45) is 0.972. The van der Waals surface area contributed by atoms with Gasteiger partial charge in [-0.15, -0.1) is 0 Å². The predicted molar refractivity (Wildman–Crippen MR) is 59.8 cm³/mol. The van der Waals surface area contributed by atoms with Crippen molar-refractivity contribution in [3.63, 3.8) is 0 Å². The van der Waals surface area contributed by atoms with Crippen molar-refractivity contribution in [2.75, 3.05) is 5.32 Å². The smallest absolute Gasteiger partial charge is 0.129 e. The van der Waals surface area contributed by atoms with Crippen LogP contribution >= 0.6 is 11.6 Å². The molecule has 2 nitrogen and oxygen atoms in total. The Hall–Kier alpha value is -0.760. The van der Waals surface area contributed by atoms with Gasteiger partial charge >= 0.3 is 0 Å². The van der Waals surface area contributed by atoms with E-state index >= 15 is 0 Å². The molecule has 0 amide bonds. The molecule has 1 N–H and O–H groups in total. The standard InChI is InChI=1S/C11H15ClN2/c1-11(2,3)9-6-8-7(13-9)4-5-10(12)14-8/h4-5,9,13H,6H2,1-3H3. The van der Waals surface area contributed by atoms with Crippen LogP contribution in [0.4, 0.5) is 5.69 Å². The molecule has 2 rings (SSSR count). The summed E-state index contributed by atoms with van der Waals surface area (Å²) in [4.78, 5) is 4.32. The lowest BCUT2D eigenvalue weighted by Gasteiger charge is -2.27. The summed E-state index contributed by atoms with van der Waals surface area (Å²) in [6, 6.07) is 4.30. The summed E-state index contributed by atoms with van der Waals surface area (Å²) in [6.45, 7) is 6.70. The molecule has 0 radical (unpaired) electrons. The SMILES string of the molecule is CC(C)(C)C1Cc2nc(Cl)ccc2N1. The highest BCUT2D eigenvalue weighted by Gasteiger charge is 2.31. The Morgan fingerprint density at radius 2 is 2.14 bits per heavy atom. The molecule has 2 heterocycles. The van der Waals surface area contributed by atoms with E-state index in [9.17, 15) is 0 Å². The molecule has 1 aliphatic rings. The first-order valence-electron chi connectivity index (χ1n) is 4.89. The highest BCUT2D eigenvalue weighted by molar-refractivity contribution is 6.29. The minimum atomic E-state index is 0.257. The van der Waals surface area contributed by atoms with Crippen LogP contribution in [0.1, 0.15) is 26.5 Å². The highest BCUT2D eigenvalue weighted by atomic mass is 35.5. The Balaban J connectivity index is 2.26. The summed E-state index contributed by atoms with van der Waals surface area (Å²) in [7, 11) is 0. The highest BCUT2D eigenvalue weighted by Crippen LogP contribution is 2.33. The van der Waals surface area contributed by atoms with E-state index in [0.29, 0.717) is 11.2 Å². The van der Waals surface area contributed by atoms with Crippen molar-refractivity contribution < 1.29 is 0 Å². The van der Waals surface area contributed by atoms with E-state index in [2.05, 4.69) is 31.1 Å². The molecular formula is C11H15ClN2. The number of fused-ring (bicyclic) bond motifs is 1. The summed E-state index contributed by atoms with van der Waals surface area (Å²) >= 11 is 5.85. The van der Waals surface area contributed by atoms with Gasteiger partial charge in [-0.25, -0.2) is 4.98 Å². The van der Waals surface area contributed by atoms with Crippen LogP contribution in [0.2, 0.25) is 5.15 Å². The summed E-state index contributed by atoms with van der Waals surface area (Å²) in [5.74, 6) is 0. The quantitative estimate of drug-likeness (QED) is 0.666. The number of halogens is 1. The minimum absolute atomic E-state index is 0.257. The van der Waals surface area contributed by atoms with Crippen molar-refractivity contribution in [3.05, 3.63) is 23.0 Å². The van der Waals surface area contributed by atoms with Gasteiger partial charge in [-0.3, -0.25) is 0 Å². The first-order valence-corrected chi connectivity index (χ1v) is 5.26. The van der Waals surface area contributed by atoms with Crippen LogP contribution < -0.4 is 5.32 Å². The number of hydrogen-bond acceptors (Lipinski definition) is 2. The average molecular weight is 211 g/mol. The topological polar surface area (TPSA) is 24.9 Å². The number of rotatable bonds is 0. The monoisotopic (exact) mass is 210 g/mol. The average Bonchev–Trinajstić information content (AvgIpc) is 2.45. The van der Waals surface area contributed by atoms with Crippen molar-refractivity contribution in [1.29, 1.82) is 0 Å². The third-order valence-corrected chi connectivity index (χ3v) is 2.92. The maximum absolute atomic E-state index is 5.85. The Morgan fingerprint density at radius 1 is 1.43 bits per heavy atom. The fourth-order valence-electron chi connectivity index (χ4n) is 1.72. The number of nitrogens with one attached hydrogen (secondary N) is 1. The van der Waals surface area contributed by atoms with E-state index < -0.39 is 0 Å². The molecule has 3 heteroatoms. The number of nitrogens with zero attached hydrogens (tertiary/aromatic N) is 1. The lowest BCUT2D eigenvalue weighted by Crippen LogP contribution is -2.31. The minimum Gasteiger partial charge on any atom is -0.380 e. The Bertz CT molecular complexity index is 355. The maximum Gasteiger partial charge on any atom is 0.129 e. The summed E-state index contributed by atoms with van der Waals surface area (Å²) < 4.78 is 0. The summed E-state index contributed by atoms with van der Waals surface area (Å²) in [5.41, 5.74) is 2.49. The number of aromatic nitrogens is 1. The van der Waals surface area contributed by atoms with Crippen molar-refractivity contribution in [2.45, 2.75) is 33.2 Å². The van der Waals surface area contributed by atoms with Gasteiger partial charge in [0.2, 0.25) is 0 Å². The van der Waals surface area contributed by atoms with E-state index in [1.54, 1.807) is 0 Å². The molecule has 1 aromatic rings. The van der Waals surface area contributed by atoms with Gasteiger partial charge in [-0.05, 0) is 17.5 Å². The van der Waals surface area contributed by atoms with Crippen molar-refractivity contribution in [1.82, 2.24) is 4.98 Å². The van der Waals surface area contributed by atoms with Crippen molar-refractivity contribution in [2.24, 2.45) is 5.41 Å². The second-order valence-electron chi connectivity index (χ2n) is 4.90. The largest absolute Gasteiger partial charge is 0.380 e. The van der Waals surface area contributed by atoms with E-state index in [-0.39, 0.29) is 5.41 Å². The lowest BCUT2D eigenvalue weighted by atomic mass is 9.86. The molecular weight excluding hydrogens is 196 g/mol. The first kappa shape index (κ1) is 9.78. The Morgan fingerprint density at radius 3 is 2.79 bits per heavy atom. The van der Waals surface area contributed by atoms with Gasteiger partial charge in [-0.1, -0.05) is 32.4 Å². The second-order valence-corrected chi connectivity index (χ2v) is 5.28. The molecule has 1 unspecified atom stereocenters. The molecule has 0 aliphatic carbocycles. The van der Waals surface area contributed by atoms with Gasteiger partial charge in [0.05, 0.1) is 11.4 Å². The zero-order valence-corrected chi connectivity index (χ0v) is 9.52. The van der Waals surface area contributed by atoms with Crippen LogP contribution in [-0.4, -0.2) is 11.0 Å². The molecule has 1 atom stereocenters. The van der Waals surface area contributed by atoms with Crippen LogP contribution in [0, 0.1) is 5.41 Å². The van der Waals surface area contributed by atoms with Gasteiger partial charge in [0.1, 0.15) is 5.15 Å². The molecule has 14 heavy (non-hydrogen) atoms. The molecule has 1 aliphatic heterocycles. The van der Waals surface area contributed by atoms with Crippen LogP contribution in [-0.2, 0) is 6.42 Å². The molecule has 0 aromatic carbocycles. The molecule has 0 bridgehead atoms. The summed E-state index contributed by atoms with van der Waals surface area (Å²) in [5, 5.41) is 4.06. The fourth-order valence-corrected chi connectivity index (χ4v) is 1.88. The van der Waals surface area contributed by atoms with Crippen LogP contribution in [0.25, 0.3) is 0 Å². The molecule has 76 valence electrons. The Kier molecular flexibility index (Phi) is 2.18. The maximum atomic E-state index is 5.85. The van der Waals surface area contributed by atoms with E-state index in [1.165, 1.54) is 0 Å². The number of pyridine rings is 1. The second kappa shape index (κ2) is 3.13. The van der Waals surface area contributed by atoms with Gasteiger partial charge in [0, 0.05) is 12.5 Å².